The fraction of sp³-hybridized carbons (Fsp3) is 0.615. The van der Waals surface area contributed by atoms with Crippen molar-refractivity contribution >= 4 is 28.5 Å². The van der Waals surface area contributed by atoms with Crippen molar-refractivity contribution < 1.29 is 14.7 Å². The number of urea groups is 1. The molecule has 0 saturated heterocycles. The van der Waals surface area contributed by atoms with E-state index in [9.17, 15) is 9.59 Å². The fourth-order valence-corrected chi connectivity index (χ4v) is 2.60. The van der Waals surface area contributed by atoms with Crippen molar-refractivity contribution in [2.24, 2.45) is 11.8 Å². The van der Waals surface area contributed by atoms with E-state index in [1.165, 1.54) is 11.3 Å². The Morgan fingerprint density at radius 1 is 1.45 bits per heavy atom. The topological polar surface area (TPSA) is 91.3 Å². The molecule has 0 aliphatic heterocycles. The Hall–Kier alpha value is -1.63. The van der Waals surface area contributed by atoms with Crippen molar-refractivity contribution in [2.75, 3.05) is 11.9 Å². The van der Waals surface area contributed by atoms with E-state index in [-0.39, 0.29) is 18.4 Å². The van der Waals surface area contributed by atoms with Gasteiger partial charge in [0.05, 0.1) is 0 Å². The predicted molar refractivity (Wildman–Crippen MR) is 79.1 cm³/mol. The molecular weight excluding hydrogens is 278 g/mol. The standard InChI is InChI=1S/C13H21N3O3S/c1-8(2)4-10(5-11(17)18)7-14-12(19)16-13-15-6-9(3)20-13/h6,8,10H,4-5,7H2,1-3H3,(H,17,18)(H2,14,15,16,19)/t10-/m0/s1. The van der Waals surface area contributed by atoms with E-state index in [0.717, 1.165) is 11.3 Å². The molecule has 1 aromatic rings. The van der Waals surface area contributed by atoms with E-state index in [0.29, 0.717) is 17.6 Å². The summed E-state index contributed by atoms with van der Waals surface area (Å²) in [5.41, 5.74) is 0. The van der Waals surface area contributed by atoms with Gasteiger partial charge in [-0.3, -0.25) is 10.1 Å². The zero-order valence-corrected chi connectivity index (χ0v) is 12.8. The third-order valence-electron chi connectivity index (χ3n) is 2.66. The van der Waals surface area contributed by atoms with Crippen LogP contribution in [0.1, 0.15) is 31.6 Å². The van der Waals surface area contributed by atoms with Crippen molar-refractivity contribution in [2.45, 2.75) is 33.6 Å². The lowest BCUT2D eigenvalue weighted by Gasteiger charge is -2.17. The summed E-state index contributed by atoms with van der Waals surface area (Å²) in [6.45, 7) is 6.33. The molecule has 0 saturated carbocycles. The van der Waals surface area contributed by atoms with E-state index in [1.54, 1.807) is 6.20 Å². The first-order chi connectivity index (χ1) is 9.36. The van der Waals surface area contributed by atoms with E-state index in [2.05, 4.69) is 15.6 Å². The molecule has 0 aliphatic rings. The molecule has 0 unspecified atom stereocenters. The molecule has 1 aromatic heterocycles. The minimum atomic E-state index is -0.839. The number of nitrogens with zero attached hydrogens (tertiary/aromatic N) is 1. The van der Waals surface area contributed by atoms with Crippen molar-refractivity contribution in [3.8, 4) is 0 Å². The summed E-state index contributed by atoms with van der Waals surface area (Å²) in [7, 11) is 0. The second-order valence-corrected chi connectivity index (χ2v) is 6.44. The fourth-order valence-electron chi connectivity index (χ4n) is 1.94. The van der Waals surface area contributed by atoms with Crippen molar-refractivity contribution in [1.29, 1.82) is 0 Å². The van der Waals surface area contributed by atoms with Crippen LogP contribution in [0, 0.1) is 18.8 Å². The number of hydrogen-bond acceptors (Lipinski definition) is 4. The molecule has 0 bridgehead atoms. The van der Waals surface area contributed by atoms with Crippen LogP contribution in [-0.4, -0.2) is 28.6 Å². The second-order valence-electron chi connectivity index (χ2n) is 5.20. The maximum Gasteiger partial charge on any atom is 0.321 e. The molecule has 6 nitrogen and oxygen atoms in total. The number of aliphatic carboxylic acids is 1. The molecule has 0 aromatic carbocycles. The van der Waals surface area contributed by atoms with Gasteiger partial charge < -0.3 is 10.4 Å². The van der Waals surface area contributed by atoms with Crippen LogP contribution in [0.25, 0.3) is 0 Å². The van der Waals surface area contributed by atoms with Gasteiger partial charge in [0, 0.05) is 24.0 Å². The van der Waals surface area contributed by atoms with E-state index < -0.39 is 5.97 Å². The smallest absolute Gasteiger partial charge is 0.321 e. The van der Waals surface area contributed by atoms with Gasteiger partial charge in [-0.05, 0) is 25.2 Å². The van der Waals surface area contributed by atoms with Gasteiger partial charge in [0.25, 0.3) is 0 Å². The number of aryl methyl sites for hydroxylation is 1. The summed E-state index contributed by atoms with van der Waals surface area (Å²) >= 11 is 1.39. The number of carbonyl (C=O) groups excluding carboxylic acids is 1. The molecule has 1 atom stereocenters. The number of carboxylic acid groups (broad SMARTS) is 1. The Morgan fingerprint density at radius 2 is 2.15 bits per heavy atom. The zero-order valence-electron chi connectivity index (χ0n) is 12.0. The molecule has 1 rings (SSSR count). The van der Waals surface area contributed by atoms with Gasteiger partial charge in [0.15, 0.2) is 5.13 Å². The molecule has 112 valence electrons. The van der Waals surface area contributed by atoms with Crippen LogP contribution in [0.5, 0.6) is 0 Å². The SMILES string of the molecule is Cc1cnc(NC(=O)NC[C@H](CC(=O)O)CC(C)C)s1. The molecular formula is C13H21N3O3S. The quantitative estimate of drug-likeness (QED) is 0.722. The number of nitrogens with one attached hydrogen (secondary N) is 2. The van der Waals surface area contributed by atoms with Crippen molar-refractivity contribution in [1.82, 2.24) is 10.3 Å². The molecule has 0 aliphatic carbocycles. The largest absolute Gasteiger partial charge is 0.481 e. The number of amides is 2. The molecule has 0 spiro atoms. The Bertz CT molecular complexity index is 459. The van der Waals surface area contributed by atoms with Gasteiger partial charge in [0.1, 0.15) is 0 Å². The molecule has 2 amide bonds. The predicted octanol–water partition coefficient (Wildman–Crippen LogP) is 2.71. The summed E-state index contributed by atoms with van der Waals surface area (Å²) < 4.78 is 0. The number of thiazole rings is 1. The van der Waals surface area contributed by atoms with Gasteiger partial charge in [-0.15, -0.1) is 11.3 Å². The van der Waals surface area contributed by atoms with Gasteiger partial charge in [-0.2, -0.15) is 0 Å². The van der Waals surface area contributed by atoms with Crippen LogP contribution in [-0.2, 0) is 4.79 Å². The summed E-state index contributed by atoms with van der Waals surface area (Å²) in [6, 6.07) is -0.349. The van der Waals surface area contributed by atoms with Gasteiger partial charge in [-0.25, -0.2) is 9.78 Å². The Kier molecular flexibility index (Phi) is 6.44. The highest BCUT2D eigenvalue weighted by Gasteiger charge is 2.16. The van der Waals surface area contributed by atoms with Crippen LogP contribution in [0.15, 0.2) is 6.20 Å². The third-order valence-corrected chi connectivity index (χ3v) is 3.49. The van der Waals surface area contributed by atoms with E-state index >= 15 is 0 Å². The summed E-state index contributed by atoms with van der Waals surface area (Å²) in [5.74, 6) is -0.504. The van der Waals surface area contributed by atoms with Crippen LogP contribution in [0.2, 0.25) is 0 Å². The Morgan fingerprint density at radius 3 is 2.65 bits per heavy atom. The highest BCUT2D eigenvalue weighted by atomic mass is 32.1. The summed E-state index contributed by atoms with van der Waals surface area (Å²) in [5, 5.41) is 14.7. The highest BCUT2D eigenvalue weighted by Crippen LogP contribution is 2.17. The Labute approximate surface area is 122 Å². The number of carbonyl (C=O) groups is 2. The van der Waals surface area contributed by atoms with Crippen molar-refractivity contribution in [3.63, 3.8) is 0 Å². The lowest BCUT2D eigenvalue weighted by molar-refractivity contribution is -0.138. The highest BCUT2D eigenvalue weighted by molar-refractivity contribution is 7.15. The summed E-state index contributed by atoms with van der Waals surface area (Å²) in [4.78, 5) is 27.5. The lowest BCUT2D eigenvalue weighted by atomic mass is 9.94. The van der Waals surface area contributed by atoms with E-state index in [1.807, 2.05) is 20.8 Å². The monoisotopic (exact) mass is 299 g/mol. The number of hydrogen-bond donors (Lipinski definition) is 3. The number of anilines is 1. The average molecular weight is 299 g/mol. The average Bonchev–Trinajstić information content (AvgIpc) is 2.70. The Balaban J connectivity index is 2.41. The number of rotatable bonds is 7. The first-order valence-electron chi connectivity index (χ1n) is 6.56. The normalized spacial score (nSPS) is 12.2. The van der Waals surface area contributed by atoms with Crippen molar-refractivity contribution in [3.05, 3.63) is 11.1 Å². The molecule has 7 heteroatoms. The minimum absolute atomic E-state index is 0.0590. The first kappa shape index (κ1) is 16.4. The van der Waals surface area contributed by atoms with E-state index in [4.69, 9.17) is 5.11 Å². The lowest BCUT2D eigenvalue weighted by Crippen LogP contribution is -2.34. The number of carboxylic acids is 1. The van der Waals surface area contributed by atoms with Gasteiger partial charge in [0.2, 0.25) is 0 Å². The minimum Gasteiger partial charge on any atom is -0.481 e. The van der Waals surface area contributed by atoms with Crippen LogP contribution < -0.4 is 10.6 Å². The third kappa shape index (κ3) is 6.51. The van der Waals surface area contributed by atoms with Gasteiger partial charge in [-0.1, -0.05) is 13.8 Å². The zero-order chi connectivity index (χ0) is 15.1. The molecule has 3 N–H and O–H groups in total. The summed E-state index contributed by atoms with van der Waals surface area (Å²) in [6.07, 6.45) is 2.52. The van der Waals surface area contributed by atoms with Gasteiger partial charge >= 0.3 is 12.0 Å². The van der Waals surface area contributed by atoms with Crippen LogP contribution >= 0.6 is 11.3 Å². The maximum absolute atomic E-state index is 11.7. The molecule has 20 heavy (non-hydrogen) atoms. The molecule has 0 radical (unpaired) electrons. The maximum atomic E-state index is 11.7. The van der Waals surface area contributed by atoms with Crippen LogP contribution in [0.3, 0.4) is 0 Å². The molecule has 0 fully saturated rings. The second kappa shape index (κ2) is 7.84. The number of aromatic nitrogens is 1. The van der Waals surface area contributed by atoms with Crippen LogP contribution in [0.4, 0.5) is 9.93 Å². The molecule has 1 heterocycles. The first-order valence-corrected chi connectivity index (χ1v) is 7.37.